The Kier molecular flexibility index (Phi) is 7.66. The predicted octanol–water partition coefficient (Wildman–Crippen LogP) is 2.98. The third kappa shape index (κ3) is 6.58. The second-order valence-corrected chi connectivity index (χ2v) is 10.5. The molecule has 3 atom stereocenters. The largest absolute Gasteiger partial charge is 0.444 e. The van der Waals surface area contributed by atoms with Crippen LogP contribution in [0.5, 0.6) is 0 Å². The van der Waals surface area contributed by atoms with Crippen molar-refractivity contribution in [3.05, 3.63) is 0 Å². The summed E-state index contributed by atoms with van der Waals surface area (Å²) >= 11 is 0. The Bertz CT molecular complexity index is 588. The summed E-state index contributed by atoms with van der Waals surface area (Å²) in [5.74, 6) is 0.773. The van der Waals surface area contributed by atoms with Crippen molar-refractivity contribution in [2.45, 2.75) is 78.1 Å². The molecule has 172 valence electrons. The van der Waals surface area contributed by atoms with Crippen molar-refractivity contribution in [3.63, 3.8) is 0 Å². The van der Waals surface area contributed by atoms with Gasteiger partial charge >= 0.3 is 6.09 Å². The van der Waals surface area contributed by atoms with E-state index in [1.54, 1.807) is 4.90 Å². The Labute approximate surface area is 182 Å². The molecule has 2 amide bonds. The highest BCUT2D eigenvalue weighted by atomic mass is 16.6. The van der Waals surface area contributed by atoms with Crippen molar-refractivity contribution in [1.82, 2.24) is 14.7 Å². The first-order valence-corrected chi connectivity index (χ1v) is 11.7. The van der Waals surface area contributed by atoms with E-state index in [1.807, 2.05) is 25.7 Å². The maximum atomic E-state index is 13.1. The van der Waals surface area contributed by atoms with Gasteiger partial charge in [-0.3, -0.25) is 9.69 Å². The number of hydrogen-bond donors (Lipinski definition) is 0. The van der Waals surface area contributed by atoms with Crippen molar-refractivity contribution in [2.24, 2.45) is 11.8 Å². The number of piperidine rings is 2. The van der Waals surface area contributed by atoms with E-state index >= 15 is 0 Å². The van der Waals surface area contributed by atoms with Crippen molar-refractivity contribution in [3.8, 4) is 0 Å². The lowest BCUT2D eigenvalue weighted by Gasteiger charge is -2.41. The van der Waals surface area contributed by atoms with Gasteiger partial charge in [0.1, 0.15) is 5.60 Å². The van der Waals surface area contributed by atoms with E-state index in [1.165, 1.54) is 0 Å². The highest BCUT2D eigenvalue weighted by molar-refractivity contribution is 5.80. The minimum Gasteiger partial charge on any atom is -0.444 e. The van der Waals surface area contributed by atoms with Gasteiger partial charge in [-0.2, -0.15) is 0 Å². The molecular formula is C23H41N3O4. The fourth-order valence-electron chi connectivity index (χ4n) is 5.06. The maximum Gasteiger partial charge on any atom is 0.410 e. The molecule has 0 aromatic heterocycles. The van der Waals surface area contributed by atoms with Crippen molar-refractivity contribution in [1.29, 1.82) is 0 Å². The minimum absolute atomic E-state index is 0.0937. The summed E-state index contributed by atoms with van der Waals surface area (Å²) in [6.07, 6.45) is 4.15. The van der Waals surface area contributed by atoms with Crippen LogP contribution in [0, 0.1) is 11.8 Å². The maximum absolute atomic E-state index is 13.1. The first-order valence-electron chi connectivity index (χ1n) is 11.7. The van der Waals surface area contributed by atoms with Crippen molar-refractivity contribution < 1.29 is 19.1 Å². The van der Waals surface area contributed by atoms with Crippen LogP contribution in [0.15, 0.2) is 0 Å². The molecule has 0 spiro atoms. The number of likely N-dealkylation sites (tertiary alicyclic amines) is 2. The van der Waals surface area contributed by atoms with E-state index in [2.05, 4.69) is 18.7 Å². The normalized spacial score (nSPS) is 29.7. The van der Waals surface area contributed by atoms with E-state index in [-0.39, 0.29) is 17.9 Å². The van der Waals surface area contributed by atoms with Crippen LogP contribution in [-0.4, -0.2) is 90.3 Å². The van der Waals surface area contributed by atoms with Crippen LogP contribution >= 0.6 is 0 Å². The van der Waals surface area contributed by atoms with Crippen molar-refractivity contribution in [2.75, 3.05) is 45.8 Å². The second kappa shape index (κ2) is 9.86. The van der Waals surface area contributed by atoms with E-state index < -0.39 is 5.60 Å². The number of amides is 2. The molecular weight excluding hydrogens is 382 g/mol. The molecule has 3 unspecified atom stereocenters. The Morgan fingerprint density at radius 3 is 2.17 bits per heavy atom. The number of carbonyl (C=O) groups excluding carboxylic acids is 2. The molecule has 0 aromatic rings. The van der Waals surface area contributed by atoms with Crippen LogP contribution in [0.1, 0.15) is 60.3 Å². The lowest BCUT2D eigenvalue weighted by atomic mass is 9.92. The standard InChI is InChI=1S/C23H41N3O4/c1-17-13-24(14-18(2)29-17)15-19-8-11-25(12-9-19)21(27)20-7-6-10-26(16-20)22(28)30-23(3,4)5/h17-20H,6-16H2,1-5H3. The summed E-state index contributed by atoms with van der Waals surface area (Å²) < 4.78 is 11.3. The van der Waals surface area contributed by atoms with Gasteiger partial charge in [0.05, 0.1) is 18.1 Å². The van der Waals surface area contributed by atoms with Crippen LogP contribution in [0.2, 0.25) is 0 Å². The summed E-state index contributed by atoms with van der Waals surface area (Å²) in [5.41, 5.74) is -0.508. The monoisotopic (exact) mass is 423 g/mol. The lowest BCUT2D eigenvalue weighted by molar-refractivity contribution is -0.138. The van der Waals surface area contributed by atoms with Crippen LogP contribution in [-0.2, 0) is 14.3 Å². The molecule has 3 aliphatic rings. The zero-order valence-electron chi connectivity index (χ0n) is 19.6. The van der Waals surface area contributed by atoms with Gasteiger partial charge in [-0.1, -0.05) is 0 Å². The SMILES string of the molecule is CC1CN(CC2CCN(C(=O)C3CCCN(C(=O)OC(C)(C)C)C3)CC2)CC(C)O1. The number of carbonyl (C=O) groups is 2. The Balaban J connectivity index is 1.45. The molecule has 7 heteroatoms. The third-order valence-electron chi connectivity index (χ3n) is 6.36. The number of morpholine rings is 1. The molecule has 3 fully saturated rings. The summed E-state index contributed by atoms with van der Waals surface area (Å²) in [6.45, 7) is 15.9. The van der Waals surface area contributed by atoms with Gasteiger partial charge in [0.25, 0.3) is 0 Å². The fraction of sp³-hybridized carbons (Fsp3) is 0.913. The average Bonchev–Trinajstić information content (AvgIpc) is 2.66. The smallest absolute Gasteiger partial charge is 0.410 e. The Morgan fingerprint density at radius 1 is 0.933 bits per heavy atom. The number of nitrogens with zero attached hydrogens (tertiary/aromatic N) is 3. The number of hydrogen-bond acceptors (Lipinski definition) is 5. The zero-order valence-corrected chi connectivity index (χ0v) is 19.6. The van der Waals surface area contributed by atoms with Gasteiger partial charge in [-0.05, 0) is 66.2 Å². The highest BCUT2D eigenvalue weighted by Crippen LogP contribution is 2.25. The molecule has 0 aliphatic carbocycles. The summed E-state index contributed by atoms with van der Waals surface area (Å²) in [6, 6.07) is 0. The molecule has 0 saturated carbocycles. The molecule has 7 nitrogen and oxygen atoms in total. The van der Waals surface area contributed by atoms with Gasteiger partial charge in [0.15, 0.2) is 0 Å². The second-order valence-electron chi connectivity index (χ2n) is 10.5. The van der Waals surface area contributed by atoms with Crippen LogP contribution in [0.25, 0.3) is 0 Å². The van der Waals surface area contributed by atoms with Gasteiger partial charge < -0.3 is 19.3 Å². The van der Waals surface area contributed by atoms with E-state index in [4.69, 9.17) is 9.47 Å². The first kappa shape index (κ1) is 23.3. The predicted molar refractivity (Wildman–Crippen MR) is 116 cm³/mol. The topological polar surface area (TPSA) is 62.3 Å². The van der Waals surface area contributed by atoms with Crippen LogP contribution < -0.4 is 0 Å². The van der Waals surface area contributed by atoms with Crippen LogP contribution in [0.3, 0.4) is 0 Å². The van der Waals surface area contributed by atoms with Crippen LogP contribution in [0.4, 0.5) is 4.79 Å². The van der Waals surface area contributed by atoms with Gasteiger partial charge in [-0.15, -0.1) is 0 Å². The molecule has 3 rings (SSSR count). The fourth-order valence-corrected chi connectivity index (χ4v) is 5.06. The Morgan fingerprint density at radius 2 is 1.57 bits per heavy atom. The minimum atomic E-state index is -0.508. The molecule has 0 N–H and O–H groups in total. The van der Waals surface area contributed by atoms with E-state index in [9.17, 15) is 9.59 Å². The summed E-state index contributed by atoms with van der Waals surface area (Å²) in [5, 5.41) is 0. The van der Waals surface area contributed by atoms with Gasteiger partial charge in [0.2, 0.25) is 5.91 Å². The zero-order chi connectivity index (χ0) is 21.9. The van der Waals surface area contributed by atoms with E-state index in [0.717, 1.165) is 58.4 Å². The lowest BCUT2D eigenvalue weighted by Crippen LogP contribution is -2.51. The van der Waals surface area contributed by atoms with Gasteiger partial charge in [-0.25, -0.2) is 4.79 Å². The quantitative estimate of drug-likeness (QED) is 0.698. The number of rotatable bonds is 3. The van der Waals surface area contributed by atoms with Crippen molar-refractivity contribution >= 4 is 12.0 Å². The van der Waals surface area contributed by atoms with Gasteiger partial charge in [0, 0.05) is 45.8 Å². The molecule has 3 heterocycles. The number of ether oxygens (including phenoxy) is 2. The molecule has 30 heavy (non-hydrogen) atoms. The summed E-state index contributed by atoms with van der Waals surface area (Å²) in [4.78, 5) is 31.8. The molecule has 0 aromatic carbocycles. The molecule has 3 aliphatic heterocycles. The average molecular weight is 424 g/mol. The Hall–Kier alpha value is -1.34. The summed E-state index contributed by atoms with van der Waals surface area (Å²) in [7, 11) is 0. The first-order chi connectivity index (χ1) is 14.1. The molecule has 3 saturated heterocycles. The highest BCUT2D eigenvalue weighted by Gasteiger charge is 2.35. The molecule has 0 radical (unpaired) electrons. The molecule has 0 bridgehead atoms. The third-order valence-corrected chi connectivity index (χ3v) is 6.36. The van der Waals surface area contributed by atoms with E-state index in [0.29, 0.717) is 31.2 Å².